The molecule has 1 amide bonds. The molecule has 92 valence electrons. The van der Waals surface area contributed by atoms with Crippen molar-refractivity contribution in [1.82, 2.24) is 4.90 Å². The van der Waals surface area contributed by atoms with Gasteiger partial charge in [-0.1, -0.05) is 37.3 Å². The third-order valence-electron chi connectivity index (χ3n) is 3.65. The minimum atomic E-state index is -0.193. The molecule has 1 saturated heterocycles. The molecular weight excluding hydrogens is 212 g/mol. The summed E-state index contributed by atoms with van der Waals surface area (Å²) < 4.78 is 0. The molecule has 1 aromatic carbocycles. The monoisotopic (exact) mass is 232 g/mol. The summed E-state index contributed by atoms with van der Waals surface area (Å²) in [6.07, 6.45) is 1.92. The molecule has 2 unspecified atom stereocenters. The van der Waals surface area contributed by atoms with E-state index in [2.05, 4.69) is 29.2 Å². The first kappa shape index (κ1) is 12.1. The molecule has 1 aliphatic rings. The number of nitrogens with zero attached hydrogens (tertiary/aromatic N) is 1. The van der Waals surface area contributed by atoms with E-state index in [0.29, 0.717) is 5.92 Å². The number of carbonyl (C=O) groups excluding carboxylic acids is 1. The number of nitrogens with two attached hydrogens (primary N) is 1. The van der Waals surface area contributed by atoms with Crippen LogP contribution in [-0.2, 0) is 4.79 Å². The molecule has 1 fully saturated rings. The van der Waals surface area contributed by atoms with Crippen molar-refractivity contribution in [1.29, 1.82) is 0 Å². The quantitative estimate of drug-likeness (QED) is 0.859. The molecule has 1 aliphatic heterocycles. The highest BCUT2D eigenvalue weighted by Gasteiger charge is 2.30. The Morgan fingerprint density at radius 1 is 1.47 bits per heavy atom. The van der Waals surface area contributed by atoms with Gasteiger partial charge < -0.3 is 5.73 Å². The summed E-state index contributed by atoms with van der Waals surface area (Å²) in [5.74, 6) is 0.353. The zero-order valence-corrected chi connectivity index (χ0v) is 10.3. The van der Waals surface area contributed by atoms with Crippen LogP contribution in [0.1, 0.15) is 31.2 Å². The van der Waals surface area contributed by atoms with E-state index >= 15 is 0 Å². The molecule has 0 saturated carbocycles. The molecule has 17 heavy (non-hydrogen) atoms. The van der Waals surface area contributed by atoms with E-state index in [1.165, 1.54) is 5.56 Å². The molecule has 0 aliphatic carbocycles. The van der Waals surface area contributed by atoms with Gasteiger partial charge >= 0.3 is 0 Å². The third-order valence-corrected chi connectivity index (χ3v) is 3.65. The number of hydrogen-bond acceptors (Lipinski definition) is 2. The van der Waals surface area contributed by atoms with Crippen molar-refractivity contribution >= 4 is 5.91 Å². The lowest BCUT2D eigenvalue weighted by atomic mass is 9.99. The highest BCUT2D eigenvalue weighted by atomic mass is 16.1. The van der Waals surface area contributed by atoms with Gasteiger partial charge in [-0.2, -0.15) is 0 Å². The van der Waals surface area contributed by atoms with Crippen LogP contribution >= 0.6 is 0 Å². The van der Waals surface area contributed by atoms with Gasteiger partial charge in [-0.05, 0) is 30.9 Å². The standard InChI is InChI=1S/C14H20N2O/c1-2-13(14(15)17)16-9-8-12(10-16)11-6-4-3-5-7-11/h3-7,12-13H,2,8-10H2,1H3,(H2,15,17). The molecule has 0 bridgehead atoms. The fourth-order valence-corrected chi connectivity index (χ4v) is 2.71. The SMILES string of the molecule is CCC(C(N)=O)N1CCC(c2ccccc2)C1. The lowest BCUT2D eigenvalue weighted by Gasteiger charge is -2.23. The first-order valence-electron chi connectivity index (χ1n) is 6.30. The minimum Gasteiger partial charge on any atom is -0.368 e. The topological polar surface area (TPSA) is 46.3 Å². The molecule has 0 aromatic heterocycles. The summed E-state index contributed by atoms with van der Waals surface area (Å²) in [6.45, 7) is 3.94. The van der Waals surface area contributed by atoms with E-state index in [1.54, 1.807) is 0 Å². The molecule has 2 atom stereocenters. The van der Waals surface area contributed by atoms with Crippen molar-refractivity contribution in [3.05, 3.63) is 35.9 Å². The van der Waals surface area contributed by atoms with Gasteiger partial charge in [0.15, 0.2) is 0 Å². The Balaban J connectivity index is 2.02. The Morgan fingerprint density at radius 2 is 2.18 bits per heavy atom. The molecule has 2 rings (SSSR count). The van der Waals surface area contributed by atoms with E-state index in [4.69, 9.17) is 5.73 Å². The Labute approximate surface area is 103 Å². The number of benzene rings is 1. The predicted molar refractivity (Wildman–Crippen MR) is 68.6 cm³/mol. The normalized spacial score (nSPS) is 22.5. The average molecular weight is 232 g/mol. The second-order valence-corrected chi connectivity index (χ2v) is 4.72. The third kappa shape index (κ3) is 2.67. The van der Waals surface area contributed by atoms with Crippen LogP contribution in [0, 0.1) is 0 Å². The van der Waals surface area contributed by atoms with Crippen LogP contribution in [0.25, 0.3) is 0 Å². The second-order valence-electron chi connectivity index (χ2n) is 4.72. The maximum absolute atomic E-state index is 11.3. The predicted octanol–water partition coefficient (Wildman–Crippen LogP) is 1.74. The Kier molecular flexibility index (Phi) is 3.79. The summed E-state index contributed by atoms with van der Waals surface area (Å²) in [4.78, 5) is 13.6. The van der Waals surface area contributed by atoms with E-state index < -0.39 is 0 Å². The smallest absolute Gasteiger partial charge is 0.234 e. The van der Waals surface area contributed by atoms with Crippen molar-refractivity contribution in [2.75, 3.05) is 13.1 Å². The van der Waals surface area contributed by atoms with Crippen LogP contribution in [0.4, 0.5) is 0 Å². The van der Waals surface area contributed by atoms with Gasteiger partial charge in [-0.3, -0.25) is 9.69 Å². The van der Waals surface area contributed by atoms with E-state index in [-0.39, 0.29) is 11.9 Å². The first-order valence-corrected chi connectivity index (χ1v) is 6.30. The van der Waals surface area contributed by atoms with Crippen LogP contribution in [0.5, 0.6) is 0 Å². The van der Waals surface area contributed by atoms with Crippen molar-refractivity contribution in [3.63, 3.8) is 0 Å². The van der Waals surface area contributed by atoms with Crippen LogP contribution in [-0.4, -0.2) is 29.9 Å². The fourth-order valence-electron chi connectivity index (χ4n) is 2.71. The Bertz CT molecular complexity index is 377. The molecule has 1 heterocycles. The summed E-state index contributed by atoms with van der Waals surface area (Å²) in [5, 5.41) is 0. The lowest BCUT2D eigenvalue weighted by Crippen LogP contribution is -2.43. The van der Waals surface area contributed by atoms with Gasteiger partial charge in [0.2, 0.25) is 5.91 Å². The van der Waals surface area contributed by atoms with Crippen LogP contribution in [0.15, 0.2) is 30.3 Å². The molecule has 2 N–H and O–H groups in total. The first-order chi connectivity index (χ1) is 8.22. The van der Waals surface area contributed by atoms with Gasteiger partial charge in [0.05, 0.1) is 6.04 Å². The second kappa shape index (κ2) is 5.32. The summed E-state index contributed by atoms with van der Waals surface area (Å²) in [5.41, 5.74) is 6.80. The Hall–Kier alpha value is -1.35. The maximum Gasteiger partial charge on any atom is 0.234 e. The highest BCUT2D eigenvalue weighted by molar-refractivity contribution is 5.79. The van der Waals surface area contributed by atoms with Crippen molar-refractivity contribution in [3.8, 4) is 0 Å². The number of amides is 1. The molecule has 3 nitrogen and oxygen atoms in total. The summed E-state index contributed by atoms with van der Waals surface area (Å²) >= 11 is 0. The maximum atomic E-state index is 11.3. The molecule has 0 spiro atoms. The zero-order valence-electron chi connectivity index (χ0n) is 10.3. The Morgan fingerprint density at radius 3 is 2.76 bits per heavy atom. The van der Waals surface area contributed by atoms with E-state index in [9.17, 15) is 4.79 Å². The van der Waals surface area contributed by atoms with Gasteiger partial charge in [-0.15, -0.1) is 0 Å². The van der Waals surface area contributed by atoms with Gasteiger partial charge in [-0.25, -0.2) is 0 Å². The lowest BCUT2D eigenvalue weighted by molar-refractivity contribution is -0.123. The largest absolute Gasteiger partial charge is 0.368 e. The summed E-state index contributed by atoms with van der Waals surface area (Å²) in [7, 11) is 0. The van der Waals surface area contributed by atoms with Gasteiger partial charge in [0.1, 0.15) is 0 Å². The zero-order chi connectivity index (χ0) is 12.3. The van der Waals surface area contributed by atoms with Crippen LogP contribution < -0.4 is 5.73 Å². The molecule has 0 radical (unpaired) electrons. The minimum absolute atomic E-state index is 0.0938. The molecule has 3 heteroatoms. The highest BCUT2D eigenvalue weighted by Crippen LogP contribution is 2.28. The number of hydrogen-bond donors (Lipinski definition) is 1. The van der Waals surface area contributed by atoms with Gasteiger partial charge in [0.25, 0.3) is 0 Å². The van der Waals surface area contributed by atoms with Crippen LogP contribution in [0.3, 0.4) is 0 Å². The van der Waals surface area contributed by atoms with Crippen molar-refractivity contribution < 1.29 is 4.79 Å². The summed E-state index contributed by atoms with van der Waals surface area (Å²) in [6, 6.07) is 10.4. The van der Waals surface area contributed by atoms with E-state index in [1.807, 2.05) is 13.0 Å². The number of likely N-dealkylation sites (tertiary alicyclic amines) is 1. The molecule has 1 aromatic rings. The number of carbonyl (C=O) groups is 1. The van der Waals surface area contributed by atoms with Crippen molar-refractivity contribution in [2.24, 2.45) is 5.73 Å². The van der Waals surface area contributed by atoms with E-state index in [0.717, 1.165) is 25.9 Å². The number of primary amides is 1. The average Bonchev–Trinajstić information content (AvgIpc) is 2.80. The fraction of sp³-hybridized carbons (Fsp3) is 0.500. The molecular formula is C14H20N2O. The van der Waals surface area contributed by atoms with Gasteiger partial charge in [0, 0.05) is 6.54 Å². The van der Waals surface area contributed by atoms with Crippen molar-refractivity contribution in [2.45, 2.75) is 31.7 Å². The number of rotatable bonds is 4. The van der Waals surface area contributed by atoms with Crippen LogP contribution in [0.2, 0.25) is 0 Å².